The highest BCUT2D eigenvalue weighted by Gasteiger charge is 2.40. The molecule has 5 heterocycles. The van der Waals surface area contributed by atoms with E-state index >= 15 is 0 Å². The van der Waals surface area contributed by atoms with Crippen molar-refractivity contribution in [2.24, 2.45) is 5.92 Å². The minimum absolute atomic E-state index is 0.0852. The molecule has 15 heteroatoms. The third-order valence-electron chi connectivity index (χ3n) is 11.5. The number of carbonyl (C=O) groups is 3. The van der Waals surface area contributed by atoms with Gasteiger partial charge in [0, 0.05) is 75.6 Å². The number of hydrogen-bond donors (Lipinski definition) is 3. The monoisotopic (exact) mass is 768 g/mol. The molecule has 2 aliphatic heterocycles. The summed E-state index contributed by atoms with van der Waals surface area (Å²) in [6.45, 7) is 7.25. The van der Waals surface area contributed by atoms with Crippen LogP contribution in [0.1, 0.15) is 92.7 Å². The summed E-state index contributed by atoms with van der Waals surface area (Å²) < 4.78 is 23.1. The van der Waals surface area contributed by atoms with Crippen LogP contribution in [0, 0.1) is 5.92 Å². The number of amides is 3. The molecule has 0 radical (unpaired) electrons. The van der Waals surface area contributed by atoms with Crippen molar-refractivity contribution in [3.8, 4) is 5.75 Å². The standard InChI is InChI=1S/C41H49FN8O6/c1-24(2)56-36-18-34-27(16-31(36)40(54)44-33-4-3-13-49(41(33)55)35-17-32(35)42)21-50(46-34)28-8-5-25(6-9-28)20-47-14-15-48(23-29(51)22-47)37-11-7-26(19-43-37)30-10-12-38(52)45-39(30)53/h3-4,7,11,13,16,18-19,21,24-25,28-30,32,35,51H,5-6,8-10,12,14-15,17,20,22-23H2,1-2H3,(H,44,54)(H,45,52,53)/t25-,28-,29?,30?,32-,35+/m1/s1. The molecule has 2 unspecified atom stereocenters. The summed E-state index contributed by atoms with van der Waals surface area (Å²) >= 11 is 0. The lowest BCUT2D eigenvalue weighted by molar-refractivity contribution is -0.134. The number of pyridine rings is 2. The van der Waals surface area contributed by atoms with Gasteiger partial charge in [-0.2, -0.15) is 5.10 Å². The van der Waals surface area contributed by atoms with Gasteiger partial charge in [-0.3, -0.25) is 34.1 Å². The molecule has 4 aromatic rings. The molecule has 56 heavy (non-hydrogen) atoms. The molecule has 1 aromatic carbocycles. The number of rotatable bonds is 10. The van der Waals surface area contributed by atoms with Crippen molar-refractivity contribution in [1.82, 2.24) is 29.5 Å². The average Bonchev–Trinajstić information content (AvgIpc) is 3.80. The number of hydrogen-bond acceptors (Lipinski definition) is 10. The topological polar surface area (TPSA) is 164 Å². The van der Waals surface area contributed by atoms with Crippen molar-refractivity contribution in [2.45, 2.75) is 95.2 Å². The molecule has 3 N–H and O–H groups in total. The number of anilines is 2. The molecule has 0 bridgehead atoms. The quantitative estimate of drug-likeness (QED) is 0.198. The van der Waals surface area contributed by atoms with Crippen molar-refractivity contribution >= 4 is 40.1 Å². The molecule has 4 aliphatic rings. The van der Waals surface area contributed by atoms with Crippen LogP contribution in [-0.4, -0.2) is 98.2 Å². The summed E-state index contributed by atoms with van der Waals surface area (Å²) in [7, 11) is 0. The third-order valence-corrected chi connectivity index (χ3v) is 11.5. The number of nitrogens with zero attached hydrogens (tertiary/aromatic N) is 6. The second-order valence-electron chi connectivity index (χ2n) is 16.1. The first-order chi connectivity index (χ1) is 27.0. The Balaban J connectivity index is 0.881. The maximum atomic E-state index is 13.7. The number of benzene rings is 1. The molecule has 2 saturated carbocycles. The summed E-state index contributed by atoms with van der Waals surface area (Å²) in [5, 5.41) is 21.8. The summed E-state index contributed by atoms with van der Waals surface area (Å²) in [5.74, 6) is 0.237. The molecule has 296 valence electrons. The number of halogens is 1. The van der Waals surface area contributed by atoms with Crippen LogP contribution >= 0.6 is 0 Å². The number of piperidine rings is 1. The number of aliphatic hydroxyl groups excluding tert-OH is 1. The molecule has 8 rings (SSSR count). The second kappa shape index (κ2) is 15.8. The number of aliphatic hydroxyl groups is 1. The average molecular weight is 769 g/mol. The number of aromatic nitrogens is 4. The fourth-order valence-corrected chi connectivity index (χ4v) is 8.47. The van der Waals surface area contributed by atoms with Gasteiger partial charge < -0.3 is 24.6 Å². The van der Waals surface area contributed by atoms with Gasteiger partial charge in [-0.25, -0.2) is 9.37 Å². The lowest BCUT2D eigenvalue weighted by Crippen LogP contribution is -2.39. The van der Waals surface area contributed by atoms with E-state index < -0.39 is 29.8 Å². The zero-order valence-electron chi connectivity index (χ0n) is 31.8. The lowest BCUT2D eigenvalue weighted by Gasteiger charge is -2.32. The van der Waals surface area contributed by atoms with Gasteiger partial charge >= 0.3 is 0 Å². The normalized spacial score (nSPS) is 25.9. The molecular weight excluding hydrogens is 719 g/mol. The Morgan fingerprint density at radius 3 is 2.59 bits per heavy atom. The molecule has 2 saturated heterocycles. The highest BCUT2D eigenvalue weighted by Crippen LogP contribution is 2.38. The van der Waals surface area contributed by atoms with Crippen LogP contribution in [0.4, 0.5) is 15.9 Å². The maximum absolute atomic E-state index is 13.7. The number of ether oxygens (including phenoxy) is 1. The van der Waals surface area contributed by atoms with Gasteiger partial charge in [0.15, 0.2) is 0 Å². The van der Waals surface area contributed by atoms with Crippen LogP contribution in [0.15, 0.2) is 59.8 Å². The Kier molecular flexibility index (Phi) is 10.6. The van der Waals surface area contributed by atoms with Gasteiger partial charge in [0.2, 0.25) is 11.8 Å². The number of carbonyl (C=O) groups excluding carboxylic acids is 3. The van der Waals surface area contributed by atoms with Crippen molar-refractivity contribution in [3.63, 3.8) is 0 Å². The summed E-state index contributed by atoms with van der Waals surface area (Å²) in [5.41, 5.74) is 1.44. The van der Waals surface area contributed by atoms with Crippen molar-refractivity contribution in [1.29, 1.82) is 0 Å². The Labute approximate surface area is 324 Å². The molecule has 14 nitrogen and oxygen atoms in total. The van der Waals surface area contributed by atoms with Crippen LogP contribution < -0.4 is 25.8 Å². The van der Waals surface area contributed by atoms with E-state index in [-0.39, 0.29) is 41.1 Å². The van der Waals surface area contributed by atoms with Crippen molar-refractivity contribution in [3.05, 3.63) is 76.5 Å². The van der Waals surface area contributed by atoms with E-state index in [1.54, 1.807) is 30.6 Å². The largest absolute Gasteiger partial charge is 0.490 e. The fourth-order valence-electron chi connectivity index (χ4n) is 8.47. The van der Waals surface area contributed by atoms with Gasteiger partial charge in [-0.05, 0) is 81.7 Å². The first-order valence-corrected chi connectivity index (χ1v) is 19.8. The van der Waals surface area contributed by atoms with E-state index in [9.17, 15) is 28.7 Å². The van der Waals surface area contributed by atoms with E-state index in [0.29, 0.717) is 49.5 Å². The highest BCUT2D eigenvalue weighted by atomic mass is 19.1. The molecule has 4 fully saturated rings. The van der Waals surface area contributed by atoms with Gasteiger partial charge in [0.05, 0.1) is 41.3 Å². The molecule has 3 aromatic heterocycles. The predicted octanol–water partition coefficient (Wildman–Crippen LogP) is 4.35. The lowest BCUT2D eigenvalue weighted by atomic mass is 9.85. The first kappa shape index (κ1) is 37.8. The second-order valence-corrected chi connectivity index (χ2v) is 16.1. The highest BCUT2D eigenvalue weighted by molar-refractivity contribution is 6.08. The minimum Gasteiger partial charge on any atom is -0.490 e. The maximum Gasteiger partial charge on any atom is 0.274 e. The Morgan fingerprint density at radius 2 is 1.88 bits per heavy atom. The van der Waals surface area contributed by atoms with Crippen LogP contribution in [0.25, 0.3) is 10.9 Å². The van der Waals surface area contributed by atoms with Gasteiger partial charge in [0.1, 0.15) is 23.4 Å². The fraction of sp³-hybridized carbons (Fsp3) is 0.512. The number of nitrogens with one attached hydrogen (secondary N) is 2. The number of β-amino-alcohol motifs (C(OH)–C–C–N with tert-alkyl or cyclic N) is 1. The predicted molar refractivity (Wildman–Crippen MR) is 208 cm³/mol. The van der Waals surface area contributed by atoms with Crippen LogP contribution in [0.2, 0.25) is 0 Å². The van der Waals surface area contributed by atoms with E-state index in [1.807, 2.05) is 36.9 Å². The minimum atomic E-state index is -1.05. The van der Waals surface area contributed by atoms with E-state index in [2.05, 4.69) is 25.4 Å². The number of alkyl halides is 1. The van der Waals surface area contributed by atoms with E-state index in [4.69, 9.17) is 9.84 Å². The third kappa shape index (κ3) is 8.19. The smallest absolute Gasteiger partial charge is 0.274 e. The van der Waals surface area contributed by atoms with E-state index in [0.717, 1.165) is 62.1 Å². The zero-order valence-corrected chi connectivity index (χ0v) is 31.8. The van der Waals surface area contributed by atoms with Crippen LogP contribution in [0.3, 0.4) is 0 Å². The zero-order chi connectivity index (χ0) is 39.1. The van der Waals surface area contributed by atoms with E-state index in [1.165, 1.54) is 10.6 Å². The summed E-state index contributed by atoms with van der Waals surface area (Å²) in [4.78, 5) is 59.6. The molecule has 2 aliphatic carbocycles. The van der Waals surface area contributed by atoms with Gasteiger partial charge in [-0.15, -0.1) is 0 Å². The first-order valence-electron chi connectivity index (χ1n) is 19.8. The Bertz CT molecular complexity index is 2160. The number of fused-ring (bicyclic) bond motifs is 1. The molecular formula is C41H49FN8O6. The SMILES string of the molecule is CC(C)Oc1cc2nn([C@H]3CC[C@H](CN4CCN(c5ccc(C6CCC(=O)NC6=O)cn5)CC(O)C4)CC3)cc2cc1C(=O)Nc1cccn([C@H]2C[C@H]2F)c1=O. The molecule has 4 atom stereocenters. The molecule has 0 spiro atoms. The van der Waals surface area contributed by atoms with Crippen LogP contribution in [-0.2, 0) is 9.59 Å². The number of imide groups is 1. The van der Waals surface area contributed by atoms with Crippen molar-refractivity contribution < 1.29 is 28.6 Å². The Hall–Kier alpha value is -5.15. The van der Waals surface area contributed by atoms with Crippen molar-refractivity contribution in [2.75, 3.05) is 42.9 Å². The molecule has 3 amide bonds. The Morgan fingerprint density at radius 1 is 1.07 bits per heavy atom. The van der Waals surface area contributed by atoms with Crippen LogP contribution in [0.5, 0.6) is 5.75 Å². The van der Waals surface area contributed by atoms with Gasteiger partial charge in [-0.1, -0.05) is 6.07 Å². The summed E-state index contributed by atoms with van der Waals surface area (Å²) in [6.07, 6.45) is 8.49. The summed E-state index contributed by atoms with van der Waals surface area (Å²) in [6, 6.07) is 10.2. The van der Waals surface area contributed by atoms with Gasteiger partial charge in [0.25, 0.3) is 11.5 Å².